The van der Waals surface area contributed by atoms with Crippen molar-refractivity contribution in [1.82, 2.24) is 15.2 Å². The van der Waals surface area contributed by atoms with Gasteiger partial charge in [0, 0.05) is 25.1 Å². The number of likely N-dealkylation sites (N-methyl/N-ethyl adjacent to an activating group) is 1. The van der Waals surface area contributed by atoms with Gasteiger partial charge in [-0.1, -0.05) is 13.8 Å². The van der Waals surface area contributed by atoms with Gasteiger partial charge in [-0.25, -0.2) is 4.98 Å². The van der Waals surface area contributed by atoms with Crippen LogP contribution in [0.4, 0.5) is 0 Å². The molecule has 2 atom stereocenters. The van der Waals surface area contributed by atoms with Crippen LogP contribution < -0.4 is 5.32 Å². The number of nitrogens with zero attached hydrogens (tertiary/aromatic N) is 2. The number of nitrogens with one attached hydrogen (secondary N) is 1. The zero-order chi connectivity index (χ0) is 14.7. The lowest BCUT2D eigenvalue weighted by atomic mass is 10.2. The molecule has 1 aliphatic rings. The Morgan fingerprint density at radius 1 is 1.60 bits per heavy atom. The highest BCUT2D eigenvalue weighted by molar-refractivity contribution is 7.11. The minimum absolute atomic E-state index is 0.0406. The molecule has 1 aromatic heterocycles. The van der Waals surface area contributed by atoms with Gasteiger partial charge in [0.05, 0.1) is 17.8 Å². The highest BCUT2D eigenvalue weighted by Gasteiger charge is 2.33. The molecule has 0 radical (unpaired) electrons. The Morgan fingerprint density at radius 2 is 2.35 bits per heavy atom. The maximum atomic E-state index is 12.3. The molecule has 0 spiro atoms. The second kappa shape index (κ2) is 6.65. The van der Waals surface area contributed by atoms with Gasteiger partial charge in [-0.05, 0) is 19.9 Å². The summed E-state index contributed by atoms with van der Waals surface area (Å²) < 4.78 is 5.69. The van der Waals surface area contributed by atoms with Crippen LogP contribution in [-0.4, -0.2) is 54.7 Å². The third-order valence-corrected chi connectivity index (χ3v) is 4.31. The van der Waals surface area contributed by atoms with E-state index in [4.69, 9.17) is 4.74 Å². The smallest absolute Gasteiger partial charge is 0.280 e. The number of amides is 1. The molecule has 0 saturated carbocycles. The number of ether oxygens (including phenoxy) is 1. The summed E-state index contributed by atoms with van der Waals surface area (Å²) in [4.78, 5) is 18.8. The molecule has 0 aromatic carbocycles. The number of rotatable bonds is 5. The van der Waals surface area contributed by atoms with Gasteiger partial charge in [0.1, 0.15) is 0 Å². The monoisotopic (exact) mass is 297 g/mol. The third kappa shape index (κ3) is 3.56. The van der Waals surface area contributed by atoms with Crippen LogP contribution in [0.1, 0.15) is 42.2 Å². The Hall–Kier alpha value is -0.980. The van der Waals surface area contributed by atoms with E-state index in [9.17, 15) is 4.79 Å². The number of hydrogen-bond donors (Lipinski definition) is 1. The summed E-state index contributed by atoms with van der Waals surface area (Å²) in [5.41, 5.74) is 0.977. The van der Waals surface area contributed by atoms with Crippen LogP contribution in [0.5, 0.6) is 0 Å². The SMILES string of the molecule is CCO[C@H]1CN(C)C[C@@H]1NC(=O)c1nc(C(C)C)cs1. The van der Waals surface area contributed by atoms with Crippen molar-refractivity contribution >= 4 is 17.2 Å². The van der Waals surface area contributed by atoms with Gasteiger partial charge < -0.3 is 15.0 Å². The Balaban J connectivity index is 1.99. The van der Waals surface area contributed by atoms with E-state index >= 15 is 0 Å². The molecule has 0 bridgehead atoms. The first-order chi connectivity index (χ1) is 9.51. The molecule has 1 fully saturated rings. The van der Waals surface area contributed by atoms with E-state index in [2.05, 4.69) is 29.0 Å². The molecule has 2 rings (SSSR count). The molecular weight excluding hydrogens is 274 g/mol. The molecule has 6 heteroatoms. The standard InChI is InChI=1S/C14H23N3O2S/c1-5-19-12-7-17(4)6-10(12)15-13(18)14-16-11(8-20-14)9(2)3/h8-10,12H,5-7H2,1-4H3,(H,15,18)/t10-,12-/m0/s1. The highest BCUT2D eigenvalue weighted by atomic mass is 32.1. The van der Waals surface area contributed by atoms with Gasteiger partial charge in [0.2, 0.25) is 0 Å². The Labute approximate surface area is 124 Å². The second-order valence-corrected chi connectivity index (χ2v) is 6.39. The summed E-state index contributed by atoms with van der Waals surface area (Å²) in [6.45, 7) is 8.47. The fraction of sp³-hybridized carbons (Fsp3) is 0.714. The molecule has 20 heavy (non-hydrogen) atoms. The Bertz CT molecular complexity index is 461. The summed E-state index contributed by atoms with van der Waals surface area (Å²) in [5, 5.41) is 5.55. The van der Waals surface area contributed by atoms with Gasteiger partial charge >= 0.3 is 0 Å². The average molecular weight is 297 g/mol. The van der Waals surface area contributed by atoms with E-state index in [1.807, 2.05) is 19.4 Å². The summed E-state index contributed by atoms with van der Waals surface area (Å²) in [7, 11) is 2.04. The average Bonchev–Trinajstić information content (AvgIpc) is 2.97. The van der Waals surface area contributed by atoms with Crippen LogP contribution >= 0.6 is 11.3 Å². The summed E-state index contributed by atoms with van der Waals surface area (Å²) in [6, 6.07) is 0.0406. The minimum Gasteiger partial charge on any atom is -0.375 e. The fourth-order valence-corrected chi connectivity index (χ4v) is 3.25. The van der Waals surface area contributed by atoms with Crippen molar-refractivity contribution < 1.29 is 9.53 Å². The first-order valence-corrected chi connectivity index (χ1v) is 7.95. The zero-order valence-corrected chi connectivity index (χ0v) is 13.4. The van der Waals surface area contributed by atoms with Gasteiger partial charge in [-0.15, -0.1) is 11.3 Å². The molecular formula is C14H23N3O2S. The first kappa shape index (κ1) is 15.4. The van der Waals surface area contributed by atoms with E-state index in [0.717, 1.165) is 18.8 Å². The Morgan fingerprint density at radius 3 is 2.95 bits per heavy atom. The van der Waals surface area contributed by atoms with Crippen molar-refractivity contribution in [2.45, 2.75) is 38.8 Å². The van der Waals surface area contributed by atoms with E-state index in [-0.39, 0.29) is 18.1 Å². The van der Waals surface area contributed by atoms with Gasteiger partial charge in [-0.3, -0.25) is 4.79 Å². The van der Waals surface area contributed by atoms with Gasteiger partial charge in [-0.2, -0.15) is 0 Å². The van der Waals surface area contributed by atoms with Crippen LogP contribution in [0.3, 0.4) is 0 Å². The second-order valence-electron chi connectivity index (χ2n) is 5.53. The van der Waals surface area contributed by atoms with E-state index in [1.54, 1.807) is 0 Å². The summed E-state index contributed by atoms with van der Waals surface area (Å²) >= 11 is 1.41. The maximum absolute atomic E-state index is 12.3. The molecule has 1 saturated heterocycles. The molecule has 1 amide bonds. The van der Waals surface area contributed by atoms with Crippen LogP contribution in [0.2, 0.25) is 0 Å². The molecule has 1 aromatic rings. The first-order valence-electron chi connectivity index (χ1n) is 7.07. The normalized spacial score (nSPS) is 23.4. The number of likely N-dealkylation sites (tertiary alicyclic amines) is 1. The Kier molecular flexibility index (Phi) is 5.12. The number of hydrogen-bond acceptors (Lipinski definition) is 5. The number of carbonyl (C=O) groups excluding carboxylic acids is 1. The lowest BCUT2D eigenvalue weighted by Crippen LogP contribution is -2.43. The summed E-state index contributed by atoms with van der Waals surface area (Å²) in [6.07, 6.45) is 0.0680. The number of aromatic nitrogens is 1. The maximum Gasteiger partial charge on any atom is 0.280 e. The van der Waals surface area contributed by atoms with Crippen LogP contribution in [0.25, 0.3) is 0 Å². The number of carbonyl (C=O) groups is 1. The topological polar surface area (TPSA) is 54.5 Å². The molecule has 0 aliphatic carbocycles. The molecule has 1 aliphatic heterocycles. The molecule has 5 nitrogen and oxygen atoms in total. The lowest BCUT2D eigenvalue weighted by molar-refractivity contribution is 0.0513. The van der Waals surface area contributed by atoms with Crippen molar-refractivity contribution in [3.05, 3.63) is 16.1 Å². The van der Waals surface area contributed by atoms with Crippen LogP contribution in [0.15, 0.2) is 5.38 Å². The fourth-order valence-electron chi connectivity index (χ4n) is 2.37. The van der Waals surface area contributed by atoms with Gasteiger partial charge in [0.15, 0.2) is 5.01 Å². The largest absolute Gasteiger partial charge is 0.375 e. The summed E-state index contributed by atoms with van der Waals surface area (Å²) in [5.74, 6) is 0.258. The predicted octanol–water partition coefficient (Wildman–Crippen LogP) is 1.72. The van der Waals surface area contributed by atoms with Gasteiger partial charge in [0.25, 0.3) is 5.91 Å². The third-order valence-electron chi connectivity index (χ3n) is 3.45. The van der Waals surface area contributed by atoms with Crippen molar-refractivity contribution in [1.29, 1.82) is 0 Å². The minimum atomic E-state index is -0.0908. The quantitative estimate of drug-likeness (QED) is 0.899. The molecule has 112 valence electrons. The van der Waals surface area contributed by atoms with E-state index in [0.29, 0.717) is 17.5 Å². The molecule has 0 unspecified atom stereocenters. The van der Waals surface area contributed by atoms with E-state index in [1.165, 1.54) is 11.3 Å². The number of thiazole rings is 1. The molecule has 2 heterocycles. The van der Waals surface area contributed by atoms with Crippen molar-refractivity contribution in [3.8, 4) is 0 Å². The van der Waals surface area contributed by atoms with E-state index < -0.39 is 0 Å². The lowest BCUT2D eigenvalue weighted by Gasteiger charge is -2.19. The zero-order valence-electron chi connectivity index (χ0n) is 12.5. The molecule has 1 N–H and O–H groups in total. The van der Waals surface area contributed by atoms with Crippen LogP contribution in [-0.2, 0) is 4.74 Å². The van der Waals surface area contributed by atoms with Crippen LogP contribution in [0, 0.1) is 0 Å². The van der Waals surface area contributed by atoms with Crippen molar-refractivity contribution in [3.63, 3.8) is 0 Å². The predicted molar refractivity (Wildman–Crippen MR) is 80.4 cm³/mol. The van der Waals surface area contributed by atoms with Crippen molar-refractivity contribution in [2.24, 2.45) is 0 Å². The van der Waals surface area contributed by atoms with Crippen molar-refractivity contribution in [2.75, 3.05) is 26.7 Å². The highest BCUT2D eigenvalue weighted by Crippen LogP contribution is 2.18.